The van der Waals surface area contributed by atoms with E-state index in [-0.39, 0.29) is 11.9 Å². The molecule has 3 heterocycles. The smallest absolute Gasteiger partial charge is 0.257 e. The summed E-state index contributed by atoms with van der Waals surface area (Å²) in [6, 6.07) is 11.7. The largest absolute Gasteiger partial charge is 0.298 e. The average molecular weight is 457 g/mol. The fourth-order valence-corrected chi connectivity index (χ4v) is 4.51. The highest BCUT2D eigenvalue weighted by Gasteiger charge is 2.28. The van der Waals surface area contributed by atoms with Crippen molar-refractivity contribution < 1.29 is 4.79 Å². The molecule has 1 aliphatic heterocycles. The number of hydrogen-bond acceptors (Lipinski definition) is 5. The summed E-state index contributed by atoms with van der Waals surface area (Å²) < 4.78 is 0.949. The molecule has 1 N–H and O–H groups in total. The van der Waals surface area contributed by atoms with Crippen LogP contribution in [-0.4, -0.2) is 27.3 Å². The van der Waals surface area contributed by atoms with E-state index in [1.54, 1.807) is 12.1 Å². The van der Waals surface area contributed by atoms with Gasteiger partial charge >= 0.3 is 0 Å². The molecule has 2 aromatic heterocycles. The van der Waals surface area contributed by atoms with Gasteiger partial charge in [0.05, 0.1) is 17.4 Å². The third kappa shape index (κ3) is 4.32. The van der Waals surface area contributed by atoms with Gasteiger partial charge in [0, 0.05) is 28.2 Å². The molecule has 0 unspecified atom stereocenters. The first-order valence-corrected chi connectivity index (χ1v) is 10.9. The van der Waals surface area contributed by atoms with Crippen molar-refractivity contribution in [2.24, 2.45) is 0 Å². The van der Waals surface area contributed by atoms with Crippen LogP contribution in [0, 0.1) is 6.92 Å². The van der Waals surface area contributed by atoms with Gasteiger partial charge in [-0.05, 0) is 62.2 Å². The van der Waals surface area contributed by atoms with Gasteiger partial charge in [-0.3, -0.25) is 20.0 Å². The standard InChI is InChI=1S/C21H21BrN4OS/c1-14-4-2-10-23-17(14)12-26-11-3-5-19(26)18-13-28-21(24-18)25-20(27)15-6-8-16(22)9-7-15/h2,4,6-10,13,19H,3,5,11-12H2,1H3,(H,24,25,27)/t19-/m0/s1. The molecule has 5 nitrogen and oxygen atoms in total. The Balaban J connectivity index is 1.45. The molecule has 1 atom stereocenters. The summed E-state index contributed by atoms with van der Waals surface area (Å²) in [5, 5.41) is 5.62. The van der Waals surface area contributed by atoms with Crippen molar-refractivity contribution in [1.82, 2.24) is 14.9 Å². The lowest BCUT2D eigenvalue weighted by Gasteiger charge is -2.23. The number of aryl methyl sites for hydroxylation is 1. The van der Waals surface area contributed by atoms with Crippen molar-refractivity contribution in [3.8, 4) is 0 Å². The summed E-state index contributed by atoms with van der Waals surface area (Å²) in [5.41, 5.74) is 3.98. The minimum Gasteiger partial charge on any atom is -0.298 e. The Labute approximate surface area is 177 Å². The van der Waals surface area contributed by atoms with Gasteiger partial charge in [0.25, 0.3) is 5.91 Å². The van der Waals surface area contributed by atoms with E-state index in [9.17, 15) is 4.79 Å². The maximum atomic E-state index is 12.4. The third-order valence-corrected chi connectivity index (χ3v) is 6.33. The molecule has 0 saturated carbocycles. The summed E-state index contributed by atoms with van der Waals surface area (Å²) in [4.78, 5) is 24.1. The number of nitrogens with one attached hydrogen (secondary N) is 1. The molecule has 1 aliphatic rings. The van der Waals surface area contributed by atoms with Gasteiger partial charge in [-0.2, -0.15) is 0 Å². The Morgan fingerprint density at radius 2 is 2.14 bits per heavy atom. The molecular weight excluding hydrogens is 436 g/mol. The van der Waals surface area contributed by atoms with Crippen LogP contribution in [0.2, 0.25) is 0 Å². The fourth-order valence-electron chi connectivity index (χ4n) is 3.49. The molecule has 1 aromatic carbocycles. The first kappa shape index (κ1) is 19.2. The number of aromatic nitrogens is 2. The van der Waals surface area contributed by atoms with Crippen molar-refractivity contribution in [2.45, 2.75) is 32.4 Å². The zero-order chi connectivity index (χ0) is 19.5. The second-order valence-corrected chi connectivity index (χ2v) is 8.71. The molecule has 0 aliphatic carbocycles. The number of amides is 1. The van der Waals surface area contributed by atoms with Gasteiger partial charge in [-0.1, -0.05) is 22.0 Å². The quantitative estimate of drug-likeness (QED) is 0.573. The molecular formula is C21H21BrN4OS. The lowest BCUT2D eigenvalue weighted by molar-refractivity contribution is 0.102. The number of pyridine rings is 1. The third-order valence-electron chi connectivity index (χ3n) is 5.02. The van der Waals surface area contributed by atoms with E-state index in [0.29, 0.717) is 10.7 Å². The van der Waals surface area contributed by atoms with Gasteiger partial charge in [-0.25, -0.2) is 4.98 Å². The molecule has 7 heteroatoms. The highest BCUT2D eigenvalue weighted by molar-refractivity contribution is 9.10. The number of nitrogens with zero attached hydrogens (tertiary/aromatic N) is 3. The van der Waals surface area contributed by atoms with Gasteiger partial charge in [0.15, 0.2) is 5.13 Å². The minimum absolute atomic E-state index is 0.138. The number of anilines is 1. The van der Waals surface area contributed by atoms with Crippen LogP contribution in [0.3, 0.4) is 0 Å². The van der Waals surface area contributed by atoms with Crippen molar-refractivity contribution in [3.63, 3.8) is 0 Å². The molecule has 28 heavy (non-hydrogen) atoms. The number of thiazole rings is 1. The first-order valence-electron chi connectivity index (χ1n) is 9.27. The highest BCUT2D eigenvalue weighted by Crippen LogP contribution is 2.34. The van der Waals surface area contributed by atoms with Crippen molar-refractivity contribution in [2.75, 3.05) is 11.9 Å². The normalized spacial score (nSPS) is 17.0. The molecule has 0 spiro atoms. The van der Waals surface area contributed by atoms with E-state index in [4.69, 9.17) is 4.98 Å². The molecule has 0 radical (unpaired) electrons. The average Bonchev–Trinajstić information content (AvgIpc) is 3.33. The number of carbonyl (C=O) groups excluding carboxylic acids is 1. The van der Waals surface area contributed by atoms with Gasteiger partial charge in [0.1, 0.15) is 0 Å². The van der Waals surface area contributed by atoms with Gasteiger partial charge in [-0.15, -0.1) is 11.3 Å². The van der Waals surface area contributed by atoms with Crippen molar-refractivity contribution >= 4 is 38.3 Å². The van der Waals surface area contributed by atoms with Crippen LogP contribution >= 0.6 is 27.3 Å². The Kier molecular flexibility index (Phi) is 5.85. The maximum Gasteiger partial charge on any atom is 0.257 e. The Morgan fingerprint density at radius 3 is 2.93 bits per heavy atom. The zero-order valence-electron chi connectivity index (χ0n) is 15.6. The number of likely N-dealkylation sites (tertiary alicyclic amines) is 1. The second kappa shape index (κ2) is 8.51. The van der Waals surface area contributed by atoms with Crippen LogP contribution in [0.4, 0.5) is 5.13 Å². The monoisotopic (exact) mass is 456 g/mol. The number of benzene rings is 1. The number of hydrogen-bond donors (Lipinski definition) is 1. The molecule has 1 fully saturated rings. The predicted octanol–water partition coefficient (Wildman–Crippen LogP) is 5.20. The molecule has 1 amide bonds. The van der Waals surface area contributed by atoms with Crippen molar-refractivity contribution in [3.05, 3.63) is 75.0 Å². The fraction of sp³-hybridized carbons (Fsp3) is 0.286. The summed E-state index contributed by atoms with van der Waals surface area (Å²) in [7, 11) is 0. The second-order valence-electron chi connectivity index (χ2n) is 6.93. The summed E-state index contributed by atoms with van der Waals surface area (Å²) >= 11 is 4.86. The number of halogens is 1. The van der Waals surface area contributed by atoms with E-state index < -0.39 is 0 Å². The first-order chi connectivity index (χ1) is 13.6. The lowest BCUT2D eigenvalue weighted by atomic mass is 10.1. The summed E-state index contributed by atoms with van der Waals surface area (Å²) in [6.45, 7) is 3.97. The van der Waals surface area contributed by atoms with Crippen LogP contribution in [0.5, 0.6) is 0 Å². The number of rotatable bonds is 5. The van der Waals surface area contributed by atoms with Gasteiger partial charge in [0.2, 0.25) is 0 Å². The van der Waals surface area contributed by atoms with Crippen LogP contribution < -0.4 is 5.32 Å². The van der Waals surface area contributed by atoms with E-state index in [1.807, 2.05) is 24.4 Å². The topological polar surface area (TPSA) is 58.1 Å². The molecule has 144 valence electrons. The Morgan fingerprint density at radius 1 is 1.32 bits per heavy atom. The molecule has 0 bridgehead atoms. The highest BCUT2D eigenvalue weighted by atomic mass is 79.9. The Hall–Kier alpha value is -2.09. The predicted molar refractivity (Wildman–Crippen MR) is 116 cm³/mol. The zero-order valence-corrected chi connectivity index (χ0v) is 18.0. The molecule has 4 rings (SSSR count). The van der Waals surface area contributed by atoms with Crippen molar-refractivity contribution in [1.29, 1.82) is 0 Å². The molecule has 3 aromatic rings. The van der Waals surface area contributed by atoms with E-state index >= 15 is 0 Å². The van der Waals surface area contributed by atoms with Crippen LogP contribution in [-0.2, 0) is 6.54 Å². The maximum absolute atomic E-state index is 12.4. The molecule has 1 saturated heterocycles. The summed E-state index contributed by atoms with van der Waals surface area (Å²) in [6.07, 6.45) is 4.08. The van der Waals surface area contributed by atoms with E-state index in [1.165, 1.54) is 16.9 Å². The van der Waals surface area contributed by atoms with Crippen LogP contribution in [0.25, 0.3) is 0 Å². The summed E-state index contributed by atoms with van der Waals surface area (Å²) in [5.74, 6) is -0.138. The number of carbonyl (C=O) groups is 1. The van der Waals surface area contributed by atoms with E-state index in [2.05, 4.69) is 49.5 Å². The van der Waals surface area contributed by atoms with Crippen LogP contribution in [0.1, 0.15) is 46.2 Å². The Bertz CT molecular complexity index is 973. The lowest BCUT2D eigenvalue weighted by Crippen LogP contribution is -2.24. The SMILES string of the molecule is Cc1cccnc1CN1CCC[C@H]1c1csc(NC(=O)c2ccc(Br)cc2)n1. The van der Waals surface area contributed by atoms with Gasteiger partial charge < -0.3 is 0 Å². The minimum atomic E-state index is -0.138. The van der Waals surface area contributed by atoms with E-state index in [0.717, 1.165) is 41.8 Å². The van der Waals surface area contributed by atoms with Crippen LogP contribution in [0.15, 0.2) is 52.4 Å².